The van der Waals surface area contributed by atoms with E-state index < -0.39 is 0 Å². The fourth-order valence-corrected chi connectivity index (χ4v) is 2.24. The van der Waals surface area contributed by atoms with Crippen LogP contribution in [0.4, 0.5) is 0 Å². The highest BCUT2D eigenvalue weighted by Gasteiger charge is 2.33. The van der Waals surface area contributed by atoms with E-state index in [0.29, 0.717) is 17.7 Å². The predicted octanol–water partition coefficient (Wildman–Crippen LogP) is 3.77. The first-order chi connectivity index (χ1) is 9.23. The van der Waals surface area contributed by atoms with Crippen molar-refractivity contribution in [1.82, 2.24) is 4.90 Å². The molecule has 0 aliphatic carbocycles. The van der Waals surface area contributed by atoms with Crippen LogP contribution in [0.1, 0.15) is 48.5 Å². The third kappa shape index (κ3) is 5.51. The molecule has 0 saturated heterocycles. The number of likely N-dealkylation sites (N-methyl/N-ethyl adjacent to an activating group) is 1. The molecule has 0 bridgehead atoms. The normalized spacial score (nSPS) is 16.4. The molecule has 2 heteroatoms. The van der Waals surface area contributed by atoms with Crippen molar-refractivity contribution in [2.75, 3.05) is 7.05 Å². The first kappa shape index (κ1) is 18.9. The average Bonchev–Trinajstić information content (AvgIpc) is 2.38. The van der Waals surface area contributed by atoms with Crippen LogP contribution in [0.2, 0.25) is 0 Å². The highest BCUT2D eigenvalue weighted by atomic mass is 16.1. The number of hydrogen-bond acceptors (Lipinski definition) is 2. The molecule has 114 valence electrons. The van der Waals surface area contributed by atoms with Gasteiger partial charge in [-0.1, -0.05) is 39.7 Å². The molecule has 2 nitrogen and oxygen atoms in total. The Morgan fingerprint density at radius 1 is 1.10 bits per heavy atom. The molecule has 0 amide bonds. The number of hydrogen-bond donors (Lipinski definition) is 0. The van der Waals surface area contributed by atoms with E-state index >= 15 is 0 Å². The summed E-state index contributed by atoms with van der Waals surface area (Å²) in [5.74, 6) is 6.80. The van der Waals surface area contributed by atoms with Gasteiger partial charge in [0.1, 0.15) is 0 Å². The molecular weight excluding hydrogens is 246 g/mol. The maximum atomic E-state index is 12.6. The lowest BCUT2D eigenvalue weighted by molar-refractivity contribution is -0.129. The molecule has 0 aromatic carbocycles. The van der Waals surface area contributed by atoms with E-state index in [1.54, 1.807) is 0 Å². The number of nitrogens with zero attached hydrogens (tertiary/aromatic N) is 1. The Morgan fingerprint density at radius 2 is 1.65 bits per heavy atom. The van der Waals surface area contributed by atoms with Crippen LogP contribution in [0.25, 0.3) is 0 Å². The Kier molecular flexibility index (Phi) is 8.49. The molecular formula is C18H31NO. The zero-order valence-electron chi connectivity index (χ0n) is 14.4. The second kappa shape index (κ2) is 8.97. The molecule has 3 atom stereocenters. The van der Waals surface area contributed by atoms with Gasteiger partial charge in [0.05, 0.1) is 6.04 Å². The fourth-order valence-electron chi connectivity index (χ4n) is 2.24. The van der Waals surface area contributed by atoms with Crippen molar-refractivity contribution in [2.45, 2.75) is 60.5 Å². The highest BCUT2D eigenvalue weighted by molar-refractivity contribution is 5.86. The van der Waals surface area contributed by atoms with Crippen LogP contribution in [0.3, 0.4) is 0 Å². The van der Waals surface area contributed by atoms with Gasteiger partial charge in [-0.3, -0.25) is 9.69 Å². The lowest BCUT2D eigenvalue weighted by Crippen LogP contribution is -2.49. The molecule has 0 fully saturated rings. The number of ketones is 1. The number of carbonyl (C=O) groups excluding carboxylic acids is 1. The summed E-state index contributed by atoms with van der Waals surface area (Å²) in [5, 5.41) is 0. The number of carbonyl (C=O) groups is 1. The molecule has 0 N–H and O–H groups in total. The van der Waals surface area contributed by atoms with Crippen molar-refractivity contribution < 1.29 is 4.79 Å². The van der Waals surface area contributed by atoms with Gasteiger partial charge in [-0.05, 0) is 45.7 Å². The summed E-state index contributed by atoms with van der Waals surface area (Å²) in [7, 11) is 2.05. The van der Waals surface area contributed by atoms with Crippen LogP contribution < -0.4 is 0 Å². The minimum Gasteiger partial charge on any atom is -0.298 e. The van der Waals surface area contributed by atoms with Crippen LogP contribution in [0.15, 0.2) is 12.2 Å². The number of rotatable bonds is 7. The molecule has 0 rings (SSSR count). The van der Waals surface area contributed by atoms with Gasteiger partial charge in [-0.2, -0.15) is 0 Å². The van der Waals surface area contributed by atoms with Gasteiger partial charge in [-0.15, -0.1) is 5.92 Å². The highest BCUT2D eigenvalue weighted by Crippen LogP contribution is 2.24. The van der Waals surface area contributed by atoms with Crippen molar-refractivity contribution in [3.05, 3.63) is 12.2 Å². The SMILES string of the molecule is CC#C/C=C/[C@@H](C)[C@@H](C)[C@@H](C(=O)C(C)C)N(C)C(C)C. The van der Waals surface area contributed by atoms with Crippen molar-refractivity contribution in [2.24, 2.45) is 17.8 Å². The van der Waals surface area contributed by atoms with E-state index in [2.05, 4.69) is 50.5 Å². The number of allylic oxidation sites excluding steroid dienone is 2. The summed E-state index contributed by atoms with van der Waals surface area (Å²) in [6, 6.07) is 0.320. The Balaban J connectivity index is 5.19. The molecule has 0 radical (unpaired) electrons. The molecule has 0 aliphatic heterocycles. The second-order valence-electron chi connectivity index (χ2n) is 6.23. The zero-order valence-corrected chi connectivity index (χ0v) is 14.4. The van der Waals surface area contributed by atoms with E-state index in [1.165, 1.54) is 0 Å². The molecule has 20 heavy (non-hydrogen) atoms. The third-order valence-electron chi connectivity index (χ3n) is 4.07. The van der Waals surface area contributed by atoms with Crippen LogP contribution in [0, 0.1) is 29.6 Å². The zero-order chi connectivity index (χ0) is 15.9. The van der Waals surface area contributed by atoms with Crippen molar-refractivity contribution >= 4 is 5.78 Å². The molecule has 0 unspecified atom stereocenters. The topological polar surface area (TPSA) is 20.3 Å². The van der Waals surface area contributed by atoms with Gasteiger partial charge in [0.2, 0.25) is 0 Å². The van der Waals surface area contributed by atoms with E-state index in [0.717, 1.165) is 0 Å². The molecule has 0 aliphatic rings. The minimum absolute atomic E-state index is 0.0377. The molecule has 0 saturated carbocycles. The third-order valence-corrected chi connectivity index (χ3v) is 4.07. The maximum absolute atomic E-state index is 12.6. The van der Waals surface area contributed by atoms with Crippen LogP contribution >= 0.6 is 0 Å². The summed E-state index contributed by atoms with van der Waals surface area (Å²) in [5.41, 5.74) is 0. The lowest BCUT2D eigenvalue weighted by Gasteiger charge is -2.37. The van der Waals surface area contributed by atoms with Gasteiger partial charge < -0.3 is 0 Å². The van der Waals surface area contributed by atoms with E-state index in [4.69, 9.17) is 0 Å². The van der Waals surface area contributed by atoms with Gasteiger partial charge in [0.15, 0.2) is 5.78 Å². The van der Waals surface area contributed by atoms with Crippen molar-refractivity contribution in [1.29, 1.82) is 0 Å². The molecule has 0 aromatic rings. The largest absolute Gasteiger partial charge is 0.298 e. The van der Waals surface area contributed by atoms with E-state index in [9.17, 15) is 4.79 Å². The maximum Gasteiger partial charge on any atom is 0.152 e. The van der Waals surface area contributed by atoms with Crippen LogP contribution in [-0.4, -0.2) is 29.8 Å². The monoisotopic (exact) mass is 277 g/mol. The quantitative estimate of drug-likeness (QED) is 0.660. The smallest absolute Gasteiger partial charge is 0.152 e. The van der Waals surface area contributed by atoms with E-state index in [-0.39, 0.29) is 17.9 Å². The Morgan fingerprint density at radius 3 is 2.05 bits per heavy atom. The minimum atomic E-state index is -0.0377. The first-order valence-electron chi connectivity index (χ1n) is 7.58. The predicted molar refractivity (Wildman–Crippen MR) is 87.5 cm³/mol. The Labute approximate surface area is 125 Å². The fraction of sp³-hybridized carbons (Fsp3) is 0.722. The Hall–Kier alpha value is -1.07. The van der Waals surface area contributed by atoms with Gasteiger partial charge in [-0.25, -0.2) is 0 Å². The standard InChI is InChI=1S/C18H31NO/c1-9-10-11-12-15(6)16(7)17(18(20)13(2)3)19(8)14(4)5/h11-17H,1-8H3/b12-11+/t15-,16-,17+/m1/s1. The molecule has 0 spiro atoms. The second-order valence-corrected chi connectivity index (χ2v) is 6.23. The summed E-state index contributed by atoms with van der Waals surface area (Å²) >= 11 is 0. The summed E-state index contributed by atoms with van der Waals surface area (Å²) in [6.45, 7) is 14.4. The summed E-state index contributed by atoms with van der Waals surface area (Å²) in [6.07, 6.45) is 4.00. The lowest BCUT2D eigenvalue weighted by atomic mass is 9.82. The molecule has 0 aromatic heterocycles. The summed E-state index contributed by atoms with van der Waals surface area (Å²) in [4.78, 5) is 14.8. The van der Waals surface area contributed by atoms with Crippen molar-refractivity contribution in [3.8, 4) is 11.8 Å². The van der Waals surface area contributed by atoms with Crippen LogP contribution in [0.5, 0.6) is 0 Å². The van der Waals surface area contributed by atoms with Crippen LogP contribution in [-0.2, 0) is 4.79 Å². The van der Waals surface area contributed by atoms with E-state index in [1.807, 2.05) is 33.9 Å². The van der Waals surface area contributed by atoms with Gasteiger partial charge in [0, 0.05) is 12.0 Å². The van der Waals surface area contributed by atoms with Gasteiger partial charge >= 0.3 is 0 Å². The van der Waals surface area contributed by atoms with Crippen molar-refractivity contribution in [3.63, 3.8) is 0 Å². The summed E-state index contributed by atoms with van der Waals surface area (Å²) < 4.78 is 0. The average molecular weight is 277 g/mol. The molecule has 0 heterocycles. The van der Waals surface area contributed by atoms with Gasteiger partial charge in [0.25, 0.3) is 0 Å². The first-order valence-corrected chi connectivity index (χ1v) is 7.58. The Bertz CT molecular complexity index is 384. The number of Topliss-reactive ketones (excluding diaryl/α,β-unsaturated/α-hetero) is 1.